The molecule has 4 aliphatic carbocycles. The van der Waals surface area contributed by atoms with Crippen LogP contribution in [0.4, 0.5) is 0 Å². The molecule has 8 atom stereocenters. The number of aliphatic hydroxyl groups is 1. The third kappa shape index (κ3) is 4.72. The Labute approximate surface area is 279 Å². The number of carboxylic acid groups (broad SMARTS) is 1. The maximum Gasteiger partial charge on any atom is 0.335 e. The molecule has 252 valence electrons. The Kier molecular flexibility index (Phi) is 8.23. The van der Waals surface area contributed by atoms with Gasteiger partial charge in [0, 0.05) is 35.8 Å². The van der Waals surface area contributed by atoms with Gasteiger partial charge in [-0.25, -0.2) is 9.48 Å². The second-order valence-electron chi connectivity index (χ2n) is 14.3. The van der Waals surface area contributed by atoms with Crippen molar-refractivity contribution in [2.75, 3.05) is 6.61 Å². The van der Waals surface area contributed by atoms with Gasteiger partial charge in [0.2, 0.25) is 5.78 Å². The largest absolute Gasteiger partial charge is 0.478 e. The number of allylic oxidation sites excluding steroid dienone is 1. The van der Waals surface area contributed by atoms with Crippen LogP contribution in [0.5, 0.6) is 0 Å². The third-order valence-electron chi connectivity index (χ3n) is 12.0. The van der Waals surface area contributed by atoms with E-state index < -0.39 is 63.6 Å². The van der Waals surface area contributed by atoms with E-state index in [2.05, 4.69) is 13.0 Å². The molecule has 3 saturated carbocycles. The zero-order valence-electron chi connectivity index (χ0n) is 27.5. The number of carbonyl (C=O) groups is 4. The number of aliphatic hydroxyl groups excluding tert-OH is 1. The molecule has 0 amide bonds. The van der Waals surface area contributed by atoms with E-state index in [0.717, 1.165) is 16.8 Å². The molecule has 1 heterocycles. The lowest BCUT2D eigenvalue weighted by Crippen LogP contribution is -2.70. The molecule has 0 saturated heterocycles. The molecule has 0 bridgehead atoms. The first-order chi connectivity index (χ1) is 22.2. The summed E-state index contributed by atoms with van der Waals surface area (Å²) in [6.45, 7) is 8.77. The minimum atomic E-state index is -1.58. The number of nitrogens with zero attached hydrogens (tertiary/aromatic N) is 2. The predicted molar refractivity (Wildman–Crippen MR) is 173 cm³/mol. The van der Waals surface area contributed by atoms with Crippen LogP contribution in [0.15, 0.2) is 36.0 Å². The molecule has 10 nitrogen and oxygen atoms in total. The number of alkyl halides is 1. The fraction of sp³-hybridized carbons (Fsp3) is 0.583. The molecule has 0 aliphatic heterocycles. The van der Waals surface area contributed by atoms with Crippen molar-refractivity contribution in [3.8, 4) is 5.69 Å². The van der Waals surface area contributed by atoms with Crippen LogP contribution in [-0.2, 0) is 30.3 Å². The average molecular weight is 667 g/mol. The van der Waals surface area contributed by atoms with Crippen LogP contribution in [0.25, 0.3) is 11.8 Å². The molecule has 1 aromatic heterocycles. The van der Waals surface area contributed by atoms with E-state index in [1.807, 2.05) is 20.0 Å². The summed E-state index contributed by atoms with van der Waals surface area (Å²) < 4.78 is 13.2. The van der Waals surface area contributed by atoms with E-state index >= 15 is 0 Å². The quantitative estimate of drug-likeness (QED) is 0.274. The predicted octanol–water partition coefficient (Wildman–Crippen LogP) is 5.55. The summed E-state index contributed by atoms with van der Waals surface area (Å²) in [4.78, 5) is 49.6. The zero-order chi connectivity index (χ0) is 34.1. The Hall–Kier alpha value is -3.50. The highest BCUT2D eigenvalue weighted by Crippen LogP contribution is 2.72. The van der Waals surface area contributed by atoms with Gasteiger partial charge < -0.3 is 19.7 Å². The van der Waals surface area contributed by atoms with Gasteiger partial charge in [0.05, 0.1) is 27.9 Å². The summed E-state index contributed by atoms with van der Waals surface area (Å²) >= 11 is 7.85. The topological polar surface area (TPSA) is 145 Å². The number of carbonyl (C=O) groups excluding carboxylic acids is 3. The number of halogens is 1. The number of aromatic carboxylic acids is 1. The van der Waals surface area contributed by atoms with Crippen LogP contribution in [-0.4, -0.2) is 66.9 Å². The highest BCUT2D eigenvalue weighted by Gasteiger charge is 2.76. The van der Waals surface area contributed by atoms with Crippen molar-refractivity contribution in [3.05, 3.63) is 52.9 Å². The first kappa shape index (κ1) is 33.4. The van der Waals surface area contributed by atoms with Crippen molar-refractivity contribution < 1.29 is 38.9 Å². The van der Waals surface area contributed by atoms with Crippen LogP contribution in [0.1, 0.15) is 94.8 Å². The maximum absolute atomic E-state index is 14.1. The number of rotatable bonds is 8. The number of ketones is 1. The van der Waals surface area contributed by atoms with Crippen LogP contribution >= 0.6 is 11.6 Å². The van der Waals surface area contributed by atoms with E-state index in [4.69, 9.17) is 26.2 Å². The first-order valence-electron chi connectivity index (χ1n) is 16.6. The molecule has 0 spiro atoms. The minimum absolute atomic E-state index is 0.0749. The van der Waals surface area contributed by atoms with Crippen molar-refractivity contribution in [2.45, 2.75) is 96.1 Å². The van der Waals surface area contributed by atoms with E-state index in [0.29, 0.717) is 31.4 Å². The molecular weight excluding hydrogens is 624 g/mol. The molecule has 47 heavy (non-hydrogen) atoms. The number of carboxylic acids is 1. The monoisotopic (exact) mass is 666 g/mol. The van der Waals surface area contributed by atoms with Crippen molar-refractivity contribution >= 4 is 41.4 Å². The minimum Gasteiger partial charge on any atom is -0.478 e. The number of aromatic nitrogens is 2. The zero-order valence-corrected chi connectivity index (χ0v) is 28.3. The van der Waals surface area contributed by atoms with Crippen molar-refractivity contribution in [1.82, 2.24) is 9.78 Å². The lowest BCUT2D eigenvalue weighted by Gasteiger charge is -2.64. The smallest absolute Gasteiger partial charge is 0.335 e. The Bertz CT molecular complexity index is 1680. The van der Waals surface area contributed by atoms with Gasteiger partial charge in [0.1, 0.15) is 0 Å². The van der Waals surface area contributed by atoms with Gasteiger partial charge in [-0.05, 0) is 73.8 Å². The van der Waals surface area contributed by atoms with Crippen LogP contribution in [0.3, 0.4) is 0 Å². The lowest BCUT2D eigenvalue weighted by atomic mass is 9.44. The summed E-state index contributed by atoms with van der Waals surface area (Å²) in [7, 11) is 0. The number of hydrogen-bond donors (Lipinski definition) is 2. The number of fused-ring (bicyclic) bond motifs is 6. The average Bonchev–Trinajstić information content (AvgIpc) is 3.54. The number of hydrogen-bond acceptors (Lipinski definition) is 8. The Morgan fingerprint density at radius 3 is 2.51 bits per heavy atom. The fourth-order valence-corrected chi connectivity index (χ4v) is 10.3. The van der Waals surface area contributed by atoms with E-state index in [9.17, 15) is 29.4 Å². The highest BCUT2D eigenvalue weighted by atomic mass is 35.5. The second kappa shape index (κ2) is 11.6. The number of esters is 2. The normalized spacial score (nSPS) is 35.4. The molecule has 6 rings (SSSR count). The van der Waals surface area contributed by atoms with Crippen molar-refractivity contribution in [3.63, 3.8) is 0 Å². The molecule has 1 aromatic carbocycles. The summed E-state index contributed by atoms with van der Waals surface area (Å²) in [6.07, 6.45) is 5.70. The van der Waals surface area contributed by atoms with Gasteiger partial charge in [0.15, 0.2) is 12.2 Å². The molecule has 11 heteroatoms. The summed E-state index contributed by atoms with van der Waals surface area (Å²) in [5.41, 5.74) is 0.436. The second-order valence-corrected chi connectivity index (χ2v) is 14.9. The third-order valence-corrected chi connectivity index (χ3v) is 13.0. The Balaban J connectivity index is 1.37. The number of ether oxygens (including phenoxy) is 2. The molecule has 0 radical (unpaired) electrons. The molecule has 2 N–H and O–H groups in total. The van der Waals surface area contributed by atoms with E-state index in [1.54, 1.807) is 36.7 Å². The molecule has 4 aliphatic rings. The molecule has 3 fully saturated rings. The van der Waals surface area contributed by atoms with Gasteiger partial charge in [-0.3, -0.25) is 14.4 Å². The lowest BCUT2D eigenvalue weighted by molar-refractivity contribution is -0.204. The van der Waals surface area contributed by atoms with E-state index in [1.165, 1.54) is 6.07 Å². The molecule has 0 unspecified atom stereocenters. The van der Waals surface area contributed by atoms with Gasteiger partial charge in [-0.2, -0.15) is 5.10 Å². The maximum atomic E-state index is 14.1. The standard InChI is InChI=1S/C36H43ClN2O8/c1-6-30(42)46-19-29(41)36(47-31(43)7-2)20(3)13-26-25-12-11-23-15-27-22(16-33(23,4)35(25,37)28(40)17-34(26,36)5)18-39(38-27)24-10-8-9-21(14-24)32(44)45/h8-10,14-15,18,20,25-26,28,40H,6-7,11-13,16-17,19H2,1-5H3,(H,44,45)/t20-,25-,26-,28-,33-,34-,35-,36-/m0/s1. The van der Waals surface area contributed by atoms with Crippen molar-refractivity contribution in [1.29, 1.82) is 0 Å². The van der Waals surface area contributed by atoms with Gasteiger partial charge in [-0.15, -0.1) is 11.6 Å². The fourth-order valence-electron chi connectivity index (χ4n) is 9.76. The van der Waals surface area contributed by atoms with Crippen LogP contribution < -0.4 is 0 Å². The molecular formula is C36H43ClN2O8. The van der Waals surface area contributed by atoms with Crippen LogP contribution in [0, 0.1) is 28.6 Å². The summed E-state index contributed by atoms with van der Waals surface area (Å²) in [5.74, 6) is -3.27. The first-order valence-corrected chi connectivity index (χ1v) is 16.9. The van der Waals surface area contributed by atoms with Gasteiger partial charge in [-0.1, -0.05) is 46.3 Å². The number of benzene rings is 1. The van der Waals surface area contributed by atoms with Gasteiger partial charge >= 0.3 is 17.9 Å². The Morgan fingerprint density at radius 2 is 1.83 bits per heavy atom. The molecule has 2 aromatic rings. The SMILES string of the molecule is CCC(=O)OCC(=O)[C@@]1(OC(=O)CC)[C@@H](C)C[C@H]2[C@@H]3CCC4=Cc5nn(-c6cccc(C(=O)O)c6)cc5C[C@]4(C)[C@@]3(Cl)[C@@H](O)C[C@@]21C. The Morgan fingerprint density at radius 1 is 1.11 bits per heavy atom. The summed E-state index contributed by atoms with van der Waals surface area (Å²) in [6, 6.07) is 6.61. The summed E-state index contributed by atoms with van der Waals surface area (Å²) in [5, 5.41) is 26.6. The highest BCUT2D eigenvalue weighted by molar-refractivity contribution is 6.26. The van der Waals surface area contributed by atoms with E-state index in [-0.39, 0.29) is 36.7 Å². The van der Waals surface area contributed by atoms with Crippen LogP contribution in [0.2, 0.25) is 0 Å². The van der Waals surface area contributed by atoms with Crippen molar-refractivity contribution in [2.24, 2.45) is 28.6 Å². The van der Waals surface area contributed by atoms with Gasteiger partial charge in [0.25, 0.3) is 0 Å². The number of Topliss-reactive ketones (excluding diaryl/α,β-unsaturated/α-hetero) is 1.